The molecule has 3 unspecified atom stereocenters. The summed E-state index contributed by atoms with van der Waals surface area (Å²) in [5.41, 5.74) is 2.22. The van der Waals surface area contributed by atoms with Gasteiger partial charge in [-0.05, 0) is 36.4 Å². The standard InChI is InChI=1S/C20H19N5S/c1-14-13-25-19(16-8-6-12-24(16)17-9-3-5-11-22-17)18(23-20(25)26-14)15-7-2-4-10-21-15/h2-12,14,18-19H,13H2,1H3. The molecular weight excluding hydrogens is 342 g/mol. The van der Waals surface area contributed by atoms with E-state index in [4.69, 9.17) is 4.99 Å². The van der Waals surface area contributed by atoms with Crippen LogP contribution in [0.3, 0.4) is 0 Å². The van der Waals surface area contributed by atoms with Crippen molar-refractivity contribution in [3.63, 3.8) is 0 Å². The predicted octanol–water partition coefficient (Wildman–Crippen LogP) is 3.86. The van der Waals surface area contributed by atoms with Gasteiger partial charge in [0.25, 0.3) is 0 Å². The van der Waals surface area contributed by atoms with Crippen LogP contribution in [0.4, 0.5) is 0 Å². The van der Waals surface area contributed by atoms with Gasteiger partial charge in [0.2, 0.25) is 0 Å². The summed E-state index contributed by atoms with van der Waals surface area (Å²) in [4.78, 5) is 16.6. The fourth-order valence-electron chi connectivity index (χ4n) is 3.78. The summed E-state index contributed by atoms with van der Waals surface area (Å²) >= 11 is 1.86. The highest BCUT2D eigenvalue weighted by molar-refractivity contribution is 8.14. The van der Waals surface area contributed by atoms with Gasteiger partial charge in [-0.3, -0.25) is 9.98 Å². The van der Waals surface area contributed by atoms with Crippen LogP contribution in [-0.2, 0) is 0 Å². The van der Waals surface area contributed by atoms with Crippen molar-refractivity contribution in [3.8, 4) is 5.82 Å². The first-order valence-electron chi connectivity index (χ1n) is 8.82. The normalized spacial score (nSPS) is 24.6. The Balaban J connectivity index is 1.62. The van der Waals surface area contributed by atoms with Gasteiger partial charge >= 0.3 is 0 Å². The molecule has 5 heterocycles. The van der Waals surface area contributed by atoms with Gasteiger partial charge < -0.3 is 9.47 Å². The molecule has 0 aromatic carbocycles. The number of hydrogen-bond acceptors (Lipinski definition) is 5. The van der Waals surface area contributed by atoms with Crippen molar-refractivity contribution in [1.29, 1.82) is 0 Å². The molecule has 26 heavy (non-hydrogen) atoms. The first-order chi connectivity index (χ1) is 12.8. The molecule has 0 bridgehead atoms. The molecule has 2 aliphatic heterocycles. The maximum atomic E-state index is 5.05. The summed E-state index contributed by atoms with van der Waals surface area (Å²) in [6, 6.07) is 16.5. The lowest BCUT2D eigenvalue weighted by Crippen LogP contribution is -2.30. The van der Waals surface area contributed by atoms with Crippen LogP contribution >= 0.6 is 11.8 Å². The van der Waals surface area contributed by atoms with E-state index in [1.54, 1.807) is 0 Å². The number of nitrogens with zero attached hydrogens (tertiary/aromatic N) is 5. The molecule has 0 saturated carbocycles. The fourth-order valence-corrected chi connectivity index (χ4v) is 4.87. The lowest BCUT2D eigenvalue weighted by molar-refractivity contribution is 0.312. The third kappa shape index (κ3) is 2.52. The van der Waals surface area contributed by atoms with E-state index in [0.717, 1.165) is 23.2 Å². The summed E-state index contributed by atoms with van der Waals surface area (Å²) in [5.74, 6) is 0.931. The zero-order valence-electron chi connectivity index (χ0n) is 14.4. The maximum absolute atomic E-state index is 5.05. The Hall–Kier alpha value is -2.60. The first-order valence-corrected chi connectivity index (χ1v) is 9.70. The van der Waals surface area contributed by atoms with Gasteiger partial charge in [-0.2, -0.15) is 0 Å². The quantitative estimate of drug-likeness (QED) is 0.711. The van der Waals surface area contributed by atoms with Crippen molar-refractivity contribution in [2.45, 2.75) is 24.3 Å². The van der Waals surface area contributed by atoms with Gasteiger partial charge in [-0.15, -0.1) is 0 Å². The monoisotopic (exact) mass is 361 g/mol. The van der Waals surface area contributed by atoms with E-state index >= 15 is 0 Å². The Morgan fingerprint density at radius 2 is 1.85 bits per heavy atom. The van der Waals surface area contributed by atoms with Gasteiger partial charge in [0.05, 0.1) is 11.7 Å². The lowest BCUT2D eigenvalue weighted by atomic mass is 10.0. The minimum Gasteiger partial charge on any atom is -0.339 e. The van der Waals surface area contributed by atoms with Crippen LogP contribution in [0.1, 0.15) is 30.4 Å². The van der Waals surface area contributed by atoms with Crippen LogP contribution in [-0.4, -0.2) is 36.4 Å². The second-order valence-electron chi connectivity index (χ2n) is 6.63. The molecule has 0 radical (unpaired) electrons. The Bertz CT molecular complexity index is 937. The molecular formula is C20H19N5S. The van der Waals surface area contributed by atoms with Crippen LogP contribution < -0.4 is 0 Å². The second kappa shape index (κ2) is 6.29. The van der Waals surface area contributed by atoms with Crippen molar-refractivity contribution < 1.29 is 0 Å². The molecule has 0 N–H and O–H groups in total. The molecule has 2 aliphatic rings. The molecule has 6 heteroatoms. The predicted molar refractivity (Wildman–Crippen MR) is 104 cm³/mol. The minimum atomic E-state index is 0.00330. The van der Waals surface area contributed by atoms with Crippen LogP contribution in [0, 0.1) is 0 Å². The average molecular weight is 361 g/mol. The summed E-state index contributed by atoms with van der Waals surface area (Å²) in [7, 11) is 0. The van der Waals surface area contributed by atoms with E-state index in [9.17, 15) is 0 Å². The average Bonchev–Trinajstić information content (AvgIpc) is 3.37. The summed E-state index contributed by atoms with van der Waals surface area (Å²) in [5, 5.41) is 1.69. The molecule has 1 fully saturated rings. The van der Waals surface area contributed by atoms with Crippen molar-refractivity contribution in [1.82, 2.24) is 19.4 Å². The Kier molecular flexibility index (Phi) is 3.78. The zero-order valence-corrected chi connectivity index (χ0v) is 15.3. The third-order valence-electron chi connectivity index (χ3n) is 4.86. The number of fused-ring (bicyclic) bond motifs is 1. The summed E-state index contributed by atoms with van der Waals surface area (Å²) in [6.45, 7) is 3.26. The fraction of sp³-hybridized carbons (Fsp3) is 0.250. The lowest BCUT2D eigenvalue weighted by Gasteiger charge is -2.28. The van der Waals surface area contributed by atoms with Crippen LogP contribution in [0.25, 0.3) is 5.82 Å². The number of aromatic nitrogens is 3. The van der Waals surface area contributed by atoms with E-state index in [1.807, 2.05) is 54.5 Å². The molecule has 3 atom stereocenters. The molecule has 0 amide bonds. The summed E-state index contributed by atoms with van der Waals surface area (Å²) in [6.07, 6.45) is 5.76. The topological polar surface area (TPSA) is 46.3 Å². The molecule has 1 saturated heterocycles. The van der Waals surface area contributed by atoms with E-state index < -0.39 is 0 Å². The SMILES string of the molecule is CC1CN2C(=NC(c3ccccn3)C2c2cccn2-c2ccccn2)S1. The first kappa shape index (κ1) is 15.6. The molecule has 0 aliphatic carbocycles. The van der Waals surface area contributed by atoms with Crippen molar-refractivity contribution in [2.75, 3.05) is 6.54 Å². The number of aliphatic imine (C=N–C) groups is 1. The Morgan fingerprint density at radius 3 is 2.62 bits per heavy atom. The Labute approximate surface area is 156 Å². The van der Waals surface area contributed by atoms with E-state index in [1.165, 1.54) is 5.69 Å². The highest BCUT2D eigenvalue weighted by Gasteiger charge is 2.44. The molecule has 5 rings (SSSR count). The number of rotatable bonds is 3. The van der Waals surface area contributed by atoms with Crippen molar-refractivity contribution >= 4 is 16.9 Å². The maximum Gasteiger partial charge on any atom is 0.160 e. The van der Waals surface area contributed by atoms with E-state index in [2.05, 4.69) is 50.8 Å². The molecule has 3 aromatic rings. The van der Waals surface area contributed by atoms with Gasteiger partial charge in [0.15, 0.2) is 5.17 Å². The van der Waals surface area contributed by atoms with Gasteiger partial charge in [-0.25, -0.2) is 4.98 Å². The summed E-state index contributed by atoms with van der Waals surface area (Å²) < 4.78 is 2.17. The van der Waals surface area contributed by atoms with Crippen molar-refractivity contribution in [2.24, 2.45) is 4.99 Å². The number of thioether (sulfide) groups is 1. The Morgan fingerprint density at radius 1 is 1.00 bits per heavy atom. The number of amidine groups is 1. The molecule has 5 nitrogen and oxygen atoms in total. The van der Waals surface area contributed by atoms with Gasteiger partial charge in [0, 0.05) is 36.1 Å². The van der Waals surface area contributed by atoms with Crippen LogP contribution in [0.2, 0.25) is 0 Å². The smallest absolute Gasteiger partial charge is 0.160 e. The van der Waals surface area contributed by atoms with Gasteiger partial charge in [-0.1, -0.05) is 30.8 Å². The highest BCUT2D eigenvalue weighted by Crippen LogP contribution is 2.47. The number of pyridine rings is 2. The second-order valence-corrected chi connectivity index (χ2v) is 8.03. The van der Waals surface area contributed by atoms with Crippen molar-refractivity contribution in [3.05, 3.63) is 78.5 Å². The van der Waals surface area contributed by atoms with Crippen LogP contribution in [0.5, 0.6) is 0 Å². The number of hydrogen-bond donors (Lipinski definition) is 0. The van der Waals surface area contributed by atoms with E-state index in [-0.39, 0.29) is 12.1 Å². The molecule has 3 aromatic heterocycles. The minimum absolute atomic E-state index is 0.00330. The van der Waals surface area contributed by atoms with Crippen LogP contribution in [0.15, 0.2) is 72.1 Å². The third-order valence-corrected chi connectivity index (χ3v) is 5.96. The van der Waals surface area contributed by atoms with E-state index in [0.29, 0.717) is 5.25 Å². The molecule has 0 spiro atoms. The molecule has 130 valence electrons. The highest BCUT2D eigenvalue weighted by atomic mass is 32.2. The largest absolute Gasteiger partial charge is 0.339 e. The zero-order chi connectivity index (χ0) is 17.5. The van der Waals surface area contributed by atoms with Gasteiger partial charge in [0.1, 0.15) is 11.9 Å².